The quantitative estimate of drug-likeness (QED) is 0.268. The standard InChI is InChI=1S/C22H34N6O2.HI/c1-17(16-28-14-6-12-26-28)15-25-20(23-5)24-13-11-18-7-9-19(10-8-18)27-21(29)30-22(2,3)4;/h6-10,12,14,17H,11,13,15-16H2,1-5H3,(H,27,29)(H2,23,24,25);1H. The maximum absolute atomic E-state index is 11.8. The summed E-state index contributed by atoms with van der Waals surface area (Å²) in [6.45, 7) is 10.1. The number of hydrogen-bond donors (Lipinski definition) is 3. The van der Waals surface area contributed by atoms with E-state index < -0.39 is 11.7 Å². The number of guanidine groups is 1. The highest BCUT2D eigenvalue weighted by atomic mass is 127. The molecule has 1 unspecified atom stereocenters. The molecule has 1 aromatic heterocycles. The van der Waals surface area contributed by atoms with Crippen molar-refractivity contribution in [2.75, 3.05) is 25.5 Å². The van der Waals surface area contributed by atoms with Crippen LogP contribution in [0.3, 0.4) is 0 Å². The van der Waals surface area contributed by atoms with Gasteiger partial charge in [0, 0.05) is 44.8 Å². The topological polar surface area (TPSA) is 92.6 Å². The van der Waals surface area contributed by atoms with Gasteiger partial charge < -0.3 is 15.4 Å². The Hall–Kier alpha value is -2.30. The van der Waals surface area contributed by atoms with E-state index in [-0.39, 0.29) is 24.0 Å². The molecular formula is C22H35IN6O2. The summed E-state index contributed by atoms with van der Waals surface area (Å²) < 4.78 is 7.19. The lowest BCUT2D eigenvalue weighted by Crippen LogP contribution is -2.40. The smallest absolute Gasteiger partial charge is 0.412 e. The molecule has 0 fully saturated rings. The fourth-order valence-electron chi connectivity index (χ4n) is 2.79. The predicted molar refractivity (Wildman–Crippen MR) is 136 cm³/mol. The van der Waals surface area contributed by atoms with E-state index in [1.807, 2.05) is 62.0 Å². The molecular weight excluding hydrogens is 507 g/mol. The molecule has 3 N–H and O–H groups in total. The fourth-order valence-corrected chi connectivity index (χ4v) is 2.79. The molecule has 0 saturated carbocycles. The van der Waals surface area contributed by atoms with Crippen LogP contribution in [0.1, 0.15) is 33.3 Å². The summed E-state index contributed by atoms with van der Waals surface area (Å²) in [4.78, 5) is 16.1. The summed E-state index contributed by atoms with van der Waals surface area (Å²) in [5, 5.41) is 13.7. The largest absolute Gasteiger partial charge is 0.444 e. The molecule has 0 radical (unpaired) electrons. The molecule has 0 spiro atoms. The van der Waals surface area contributed by atoms with Crippen LogP contribution in [0.5, 0.6) is 0 Å². The Labute approximate surface area is 202 Å². The van der Waals surface area contributed by atoms with Crippen LogP contribution in [0.25, 0.3) is 0 Å². The van der Waals surface area contributed by atoms with Gasteiger partial charge in [0.1, 0.15) is 5.60 Å². The lowest BCUT2D eigenvalue weighted by molar-refractivity contribution is 0.0636. The van der Waals surface area contributed by atoms with Gasteiger partial charge in [-0.3, -0.25) is 15.0 Å². The Balaban J connectivity index is 0.00000480. The normalized spacial score (nSPS) is 12.5. The van der Waals surface area contributed by atoms with Crippen molar-refractivity contribution < 1.29 is 9.53 Å². The molecule has 1 heterocycles. The van der Waals surface area contributed by atoms with Crippen molar-refractivity contribution >= 4 is 41.7 Å². The second-order valence-electron chi connectivity index (χ2n) is 8.29. The van der Waals surface area contributed by atoms with Gasteiger partial charge in [0.05, 0.1) is 0 Å². The molecule has 8 nitrogen and oxygen atoms in total. The van der Waals surface area contributed by atoms with Crippen molar-refractivity contribution in [2.24, 2.45) is 10.9 Å². The predicted octanol–water partition coefficient (Wildman–Crippen LogP) is 3.89. The number of nitrogens with one attached hydrogen (secondary N) is 3. The van der Waals surface area contributed by atoms with E-state index in [4.69, 9.17) is 4.74 Å². The van der Waals surface area contributed by atoms with E-state index in [1.54, 1.807) is 13.2 Å². The lowest BCUT2D eigenvalue weighted by atomic mass is 10.1. The molecule has 1 amide bonds. The van der Waals surface area contributed by atoms with Crippen molar-refractivity contribution in [3.05, 3.63) is 48.3 Å². The Bertz CT molecular complexity index is 800. The summed E-state index contributed by atoms with van der Waals surface area (Å²) in [6, 6.07) is 9.68. The SMILES string of the molecule is CN=C(NCCc1ccc(NC(=O)OC(C)(C)C)cc1)NCC(C)Cn1cccn1.I. The molecule has 31 heavy (non-hydrogen) atoms. The van der Waals surface area contributed by atoms with Crippen LogP contribution in [-0.2, 0) is 17.7 Å². The second kappa shape index (κ2) is 13.2. The average molecular weight is 542 g/mol. The molecule has 2 rings (SSSR count). The van der Waals surface area contributed by atoms with Crippen LogP contribution in [0.4, 0.5) is 10.5 Å². The van der Waals surface area contributed by atoms with Gasteiger partial charge in [-0.15, -0.1) is 24.0 Å². The average Bonchev–Trinajstić information content (AvgIpc) is 3.17. The highest BCUT2D eigenvalue weighted by molar-refractivity contribution is 14.0. The van der Waals surface area contributed by atoms with Crippen LogP contribution < -0.4 is 16.0 Å². The number of carbonyl (C=O) groups is 1. The molecule has 0 aliphatic rings. The van der Waals surface area contributed by atoms with Crippen LogP contribution in [0.2, 0.25) is 0 Å². The summed E-state index contributed by atoms with van der Waals surface area (Å²) in [5.41, 5.74) is 1.36. The van der Waals surface area contributed by atoms with E-state index in [2.05, 4.69) is 33.0 Å². The first-order valence-electron chi connectivity index (χ1n) is 10.3. The number of ether oxygens (including phenoxy) is 1. The number of carbonyl (C=O) groups excluding carboxylic acids is 1. The van der Waals surface area contributed by atoms with Gasteiger partial charge in [-0.1, -0.05) is 19.1 Å². The fraction of sp³-hybridized carbons (Fsp3) is 0.500. The zero-order valence-electron chi connectivity index (χ0n) is 19.0. The van der Waals surface area contributed by atoms with Crippen molar-refractivity contribution in [1.29, 1.82) is 0 Å². The summed E-state index contributed by atoms with van der Waals surface area (Å²) in [6.07, 6.45) is 4.16. The van der Waals surface area contributed by atoms with Gasteiger partial charge in [-0.2, -0.15) is 5.10 Å². The van der Waals surface area contributed by atoms with E-state index >= 15 is 0 Å². The first-order valence-corrected chi connectivity index (χ1v) is 10.3. The van der Waals surface area contributed by atoms with E-state index in [9.17, 15) is 4.79 Å². The van der Waals surface area contributed by atoms with Gasteiger partial charge in [0.25, 0.3) is 0 Å². The maximum atomic E-state index is 11.8. The summed E-state index contributed by atoms with van der Waals surface area (Å²) in [5.74, 6) is 1.21. The number of anilines is 1. The second-order valence-corrected chi connectivity index (χ2v) is 8.29. The van der Waals surface area contributed by atoms with Crippen LogP contribution in [0, 0.1) is 5.92 Å². The number of rotatable bonds is 8. The number of amides is 1. The number of benzene rings is 1. The highest BCUT2D eigenvalue weighted by Gasteiger charge is 2.16. The third kappa shape index (κ3) is 11.0. The number of aromatic nitrogens is 2. The van der Waals surface area contributed by atoms with Crippen LogP contribution in [0.15, 0.2) is 47.7 Å². The third-order valence-corrected chi connectivity index (χ3v) is 4.20. The molecule has 0 aliphatic heterocycles. The van der Waals surface area contributed by atoms with E-state index in [0.29, 0.717) is 11.6 Å². The first kappa shape index (κ1) is 26.7. The Morgan fingerprint density at radius 2 is 1.94 bits per heavy atom. The summed E-state index contributed by atoms with van der Waals surface area (Å²) >= 11 is 0. The van der Waals surface area contributed by atoms with Gasteiger partial charge in [0.15, 0.2) is 5.96 Å². The van der Waals surface area contributed by atoms with Crippen molar-refractivity contribution in [2.45, 2.75) is 46.3 Å². The third-order valence-electron chi connectivity index (χ3n) is 4.20. The van der Waals surface area contributed by atoms with Crippen LogP contribution in [-0.4, -0.2) is 47.6 Å². The Morgan fingerprint density at radius 1 is 1.23 bits per heavy atom. The summed E-state index contributed by atoms with van der Waals surface area (Å²) in [7, 11) is 1.77. The van der Waals surface area contributed by atoms with Gasteiger partial charge in [-0.25, -0.2) is 4.79 Å². The van der Waals surface area contributed by atoms with Crippen LogP contribution >= 0.6 is 24.0 Å². The van der Waals surface area contributed by atoms with Gasteiger partial charge in [0.2, 0.25) is 0 Å². The number of hydrogen-bond acceptors (Lipinski definition) is 4. The Kier molecular flexibility index (Phi) is 11.4. The van der Waals surface area contributed by atoms with Gasteiger partial charge in [-0.05, 0) is 56.9 Å². The van der Waals surface area contributed by atoms with Crippen molar-refractivity contribution in [1.82, 2.24) is 20.4 Å². The van der Waals surface area contributed by atoms with Crippen molar-refractivity contribution in [3.63, 3.8) is 0 Å². The monoisotopic (exact) mass is 542 g/mol. The molecule has 0 saturated heterocycles. The first-order chi connectivity index (χ1) is 14.2. The molecule has 2 aromatic rings. The minimum atomic E-state index is -0.515. The van der Waals surface area contributed by atoms with Crippen molar-refractivity contribution in [3.8, 4) is 0 Å². The minimum Gasteiger partial charge on any atom is -0.444 e. The van der Waals surface area contributed by atoms with E-state index in [1.165, 1.54) is 5.56 Å². The Morgan fingerprint density at radius 3 is 2.52 bits per heavy atom. The van der Waals surface area contributed by atoms with Gasteiger partial charge >= 0.3 is 6.09 Å². The minimum absolute atomic E-state index is 0. The zero-order valence-corrected chi connectivity index (χ0v) is 21.3. The maximum Gasteiger partial charge on any atom is 0.412 e. The zero-order chi connectivity index (χ0) is 22.0. The molecule has 172 valence electrons. The molecule has 9 heteroatoms. The number of halogens is 1. The molecule has 1 atom stereocenters. The lowest BCUT2D eigenvalue weighted by Gasteiger charge is -2.19. The molecule has 0 aliphatic carbocycles. The number of nitrogens with zero attached hydrogens (tertiary/aromatic N) is 3. The molecule has 1 aromatic carbocycles. The number of aliphatic imine (C=N–C) groups is 1. The molecule has 0 bridgehead atoms. The van der Waals surface area contributed by atoms with E-state index in [0.717, 1.165) is 32.0 Å². The highest BCUT2D eigenvalue weighted by Crippen LogP contribution is 2.13.